The van der Waals surface area contributed by atoms with Crippen molar-refractivity contribution in [2.45, 2.75) is 23.1 Å². The van der Waals surface area contributed by atoms with Gasteiger partial charge in [0.25, 0.3) is 5.56 Å². The maximum absolute atomic E-state index is 11.1. The molecular formula is C12H11ClN2O2S. The van der Waals surface area contributed by atoms with Crippen LogP contribution in [0.15, 0.2) is 45.3 Å². The van der Waals surface area contributed by atoms with Crippen LogP contribution in [-0.4, -0.2) is 15.1 Å². The van der Waals surface area contributed by atoms with Crippen molar-refractivity contribution in [2.75, 3.05) is 0 Å². The highest BCUT2D eigenvalue weighted by Gasteiger charge is 2.08. The lowest BCUT2D eigenvalue weighted by atomic mass is 10.1. The first kappa shape index (κ1) is 13.1. The zero-order valence-electron chi connectivity index (χ0n) is 9.55. The SMILES string of the molecule is CC(O)c1ccc(Sc2nccc(=O)[nH]2)cc1Cl. The first-order chi connectivity index (χ1) is 8.56. The molecule has 0 fully saturated rings. The van der Waals surface area contributed by atoms with Crippen molar-refractivity contribution in [3.8, 4) is 0 Å². The predicted octanol–water partition coefficient (Wildman–Crippen LogP) is 2.63. The smallest absolute Gasteiger partial charge is 0.251 e. The summed E-state index contributed by atoms with van der Waals surface area (Å²) in [5.41, 5.74) is 0.481. The molecule has 0 aliphatic heterocycles. The molecule has 0 saturated heterocycles. The normalized spacial score (nSPS) is 12.4. The van der Waals surface area contributed by atoms with Gasteiger partial charge in [-0.25, -0.2) is 4.98 Å². The van der Waals surface area contributed by atoms with Gasteiger partial charge in [-0.15, -0.1) is 0 Å². The number of aromatic amines is 1. The van der Waals surface area contributed by atoms with Crippen molar-refractivity contribution < 1.29 is 5.11 Å². The van der Waals surface area contributed by atoms with E-state index in [-0.39, 0.29) is 5.56 Å². The van der Waals surface area contributed by atoms with Gasteiger partial charge in [0, 0.05) is 22.2 Å². The van der Waals surface area contributed by atoms with E-state index in [1.807, 2.05) is 6.07 Å². The number of aromatic nitrogens is 2. The molecule has 18 heavy (non-hydrogen) atoms. The summed E-state index contributed by atoms with van der Waals surface area (Å²) in [5.74, 6) is 0. The van der Waals surface area contributed by atoms with Gasteiger partial charge in [0.15, 0.2) is 5.16 Å². The summed E-state index contributed by atoms with van der Waals surface area (Å²) in [6, 6.07) is 6.68. The van der Waals surface area contributed by atoms with Crippen LogP contribution in [0.5, 0.6) is 0 Å². The number of rotatable bonds is 3. The highest BCUT2D eigenvalue weighted by molar-refractivity contribution is 7.99. The lowest BCUT2D eigenvalue weighted by Crippen LogP contribution is -2.04. The van der Waals surface area contributed by atoms with Crippen LogP contribution in [0, 0.1) is 0 Å². The molecule has 0 radical (unpaired) electrons. The molecule has 2 aromatic rings. The number of nitrogens with one attached hydrogen (secondary N) is 1. The fourth-order valence-corrected chi connectivity index (χ4v) is 2.63. The van der Waals surface area contributed by atoms with Gasteiger partial charge in [-0.2, -0.15) is 0 Å². The summed E-state index contributed by atoms with van der Waals surface area (Å²) in [6.07, 6.45) is 0.846. The Hall–Kier alpha value is -1.30. The predicted molar refractivity (Wildman–Crippen MR) is 71.1 cm³/mol. The average molecular weight is 283 g/mol. The number of benzene rings is 1. The van der Waals surface area contributed by atoms with Gasteiger partial charge in [-0.05, 0) is 24.6 Å². The van der Waals surface area contributed by atoms with Gasteiger partial charge < -0.3 is 10.1 Å². The summed E-state index contributed by atoms with van der Waals surface area (Å²) < 4.78 is 0. The van der Waals surface area contributed by atoms with Crippen LogP contribution in [0.2, 0.25) is 5.02 Å². The van der Waals surface area contributed by atoms with E-state index in [9.17, 15) is 9.90 Å². The third-order valence-corrected chi connectivity index (χ3v) is 3.50. The Labute approximate surface area is 113 Å². The quantitative estimate of drug-likeness (QED) is 0.850. The van der Waals surface area contributed by atoms with Crippen molar-refractivity contribution >= 4 is 23.4 Å². The van der Waals surface area contributed by atoms with Gasteiger partial charge in [0.2, 0.25) is 0 Å². The Balaban J connectivity index is 2.25. The lowest BCUT2D eigenvalue weighted by molar-refractivity contribution is 0.199. The second kappa shape index (κ2) is 5.56. The molecule has 2 N–H and O–H groups in total. The number of aliphatic hydroxyl groups excluding tert-OH is 1. The van der Waals surface area contributed by atoms with Crippen LogP contribution >= 0.6 is 23.4 Å². The second-order valence-corrected chi connectivity index (χ2v) is 5.17. The van der Waals surface area contributed by atoms with E-state index < -0.39 is 6.10 Å². The highest BCUT2D eigenvalue weighted by atomic mass is 35.5. The summed E-state index contributed by atoms with van der Waals surface area (Å²) >= 11 is 7.36. The average Bonchev–Trinajstić information content (AvgIpc) is 2.28. The van der Waals surface area contributed by atoms with Crippen molar-refractivity contribution in [2.24, 2.45) is 0 Å². The highest BCUT2D eigenvalue weighted by Crippen LogP contribution is 2.30. The molecule has 1 atom stereocenters. The largest absolute Gasteiger partial charge is 0.389 e. The molecular weight excluding hydrogens is 272 g/mol. The standard InChI is InChI=1S/C12H11ClN2O2S/c1-7(16)9-3-2-8(6-10(9)13)18-12-14-5-4-11(17)15-12/h2-7,16H,1H3,(H,14,15,17). The third kappa shape index (κ3) is 3.13. The van der Waals surface area contributed by atoms with Gasteiger partial charge in [-0.3, -0.25) is 4.79 Å². The van der Waals surface area contributed by atoms with Crippen molar-refractivity contribution in [1.82, 2.24) is 9.97 Å². The first-order valence-corrected chi connectivity index (χ1v) is 6.46. The minimum Gasteiger partial charge on any atom is -0.389 e. The Morgan fingerprint density at radius 3 is 2.83 bits per heavy atom. The molecule has 0 bridgehead atoms. The number of hydrogen-bond donors (Lipinski definition) is 2. The molecule has 0 amide bonds. The van der Waals surface area contributed by atoms with Gasteiger partial charge >= 0.3 is 0 Å². The summed E-state index contributed by atoms with van der Waals surface area (Å²) in [4.78, 5) is 18.6. The zero-order chi connectivity index (χ0) is 13.1. The minimum atomic E-state index is -0.605. The maximum atomic E-state index is 11.1. The van der Waals surface area contributed by atoms with E-state index >= 15 is 0 Å². The summed E-state index contributed by atoms with van der Waals surface area (Å²) in [6.45, 7) is 1.66. The number of halogens is 1. The van der Waals surface area contributed by atoms with Crippen LogP contribution in [0.1, 0.15) is 18.6 Å². The van der Waals surface area contributed by atoms with Crippen LogP contribution in [0.4, 0.5) is 0 Å². The lowest BCUT2D eigenvalue weighted by Gasteiger charge is -2.08. The molecule has 1 aromatic heterocycles. The summed E-state index contributed by atoms with van der Waals surface area (Å²) in [5, 5.41) is 10.5. The minimum absolute atomic E-state index is 0.195. The molecule has 0 aliphatic rings. The van der Waals surface area contributed by atoms with E-state index in [1.165, 1.54) is 24.0 Å². The van der Waals surface area contributed by atoms with Crippen molar-refractivity contribution in [1.29, 1.82) is 0 Å². The van der Waals surface area contributed by atoms with Crippen LogP contribution < -0.4 is 5.56 Å². The fraction of sp³-hybridized carbons (Fsp3) is 0.167. The molecule has 1 aromatic carbocycles. The number of hydrogen-bond acceptors (Lipinski definition) is 4. The number of nitrogens with zero attached hydrogens (tertiary/aromatic N) is 1. The van der Waals surface area contributed by atoms with Crippen LogP contribution in [-0.2, 0) is 0 Å². The third-order valence-electron chi connectivity index (χ3n) is 2.28. The Kier molecular flexibility index (Phi) is 4.06. The Bertz CT molecular complexity index is 613. The number of H-pyrrole nitrogens is 1. The molecule has 0 spiro atoms. The molecule has 1 unspecified atom stereocenters. The molecule has 0 saturated carbocycles. The van der Waals surface area contributed by atoms with Gasteiger partial charge in [0.05, 0.1) is 6.10 Å². The molecule has 6 heteroatoms. The molecule has 2 rings (SSSR count). The molecule has 94 valence electrons. The molecule has 1 heterocycles. The van der Waals surface area contributed by atoms with E-state index in [2.05, 4.69) is 9.97 Å². The monoisotopic (exact) mass is 282 g/mol. The topological polar surface area (TPSA) is 66.0 Å². The Morgan fingerprint density at radius 1 is 1.44 bits per heavy atom. The number of aliphatic hydroxyl groups is 1. The van der Waals surface area contributed by atoms with Crippen LogP contribution in [0.25, 0.3) is 0 Å². The van der Waals surface area contributed by atoms with E-state index in [0.29, 0.717) is 15.7 Å². The van der Waals surface area contributed by atoms with Crippen molar-refractivity contribution in [3.05, 3.63) is 51.4 Å². The fourth-order valence-electron chi connectivity index (χ4n) is 1.43. The van der Waals surface area contributed by atoms with E-state index in [1.54, 1.807) is 19.1 Å². The molecule has 0 aliphatic carbocycles. The summed E-state index contributed by atoms with van der Waals surface area (Å²) in [7, 11) is 0. The first-order valence-electron chi connectivity index (χ1n) is 5.27. The van der Waals surface area contributed by atoms with E-state index in [0.717, 1.165) is 4.90 Å². The molecule has 4 nitrogen and oxygen atoms in total. The zero-order valence-corrected chi connectivity index (χ0v) is 11.1. The van der Waals surface area contributed by atoms with E-state index in [4.69, 9.17) is 11.6 Å². The van der Waals surface area contributed by atoms with Gasteiger partial charge in [0.1, 0.15) is 0 Å². The Morgan fingerprint density at radius 2 is 2.22 bits per heavy atom. The maximum Gasteiger partial charge on any atom is 0.251 e. The second-order valence-electron chi connectivity index (χ2n) is 3.70. The van der Waals surface area contributed by atoms with Crippen LogP contribution in [0.3, 0.4) is 0 Å². The van der Waals surface area contributed by atoms with Crippen molar-refractivity contribution in [3.63, 3.8) is 0 Å². The van der Waals surface area contributed by atoms with Gasteiger partial charge in [-0.1, -0.05) is 29.4 Å².